The van der Waals surface area contributed by atoms with E-state index in [1.54, 1.807) is 13.0 Å². The summed E-state index contributed by atoms with van der Waals surface area (Å²) in [7, 11) is 0. The van der Waals surface area contributed by atoms with Gasteiger partial charge in [0.05, 0.1) is 11.5 Å². The van der Waals surface area contributed by atoms with Crippen LogP contribution in [0.15, 0.2) is 30.6 Å². The Labute approximate surface area is 119 Å². The molecule has 21 heavy (non-hydrogen) atoms. The first-order valence-electron chi connectivity index (χ1n) is 6.19. The number of aliphatic hydroxyl groups excluding tert-OH is 1. The maximum absolute atomic E-state index is 13.1. The summed E-state index contributed by atoms with van der Waals surface area (Å²) < 4.78 is 19.7. The molecule has 0 fully saturated rings. The Balaban J connectivity index is 1.90. The van der Waals surface area contributed by atoms with E-state index in [1.165, 1.54) is 23.0 Å². The lowest BCUT2D eigenvalue weighted by atomic mass is 10.2. The minimum absolute atomic E-state index is 0.0439. The van der Waals surface area contributed by atoms with E-state index >= 15 is 0 Å². The zero-order chi connectivity index (χ0) is 15.4. The van der Waals surface area contributed by atoms with Crippen LogP contribution < -0.4 is 4.74 Å². The first kappa shape index (κ1) is 14.9. The Morgan fingerprint density at radius 1 is 1.57 bits per heavy atom. The molecule has 0 saturated carbocycles. The number of nitro groups is 1. The highest BCUT2D eigenvalue weighted by Gasteiger charge is 2.13. The minimum atomic E-state index is -0.924. The molecule has 112 valence electrons. The highest BCUT2D eigenvalue weighted by Crippen LogP contribution is 2.19. The van der Waals surface area contributed by atoms with Gasteiger partial charge in [-0.2, -0.15) is 5.10 Å². The van der Waals surface area contributed by atoms with Gasteiger partial charge in [0.25, 0.3) is 0 Å². The number of hydrogen-bond acceptors (Lipinski definition) is 5. The number of halogens is 1. The molecular formula is C13H14FN3O4. The molecule has 0 radical (unpaired) electrons. The smallest absolute Gasteiger partial charge is 0.306 e. The molecule has 0 spiro atoms. The van der Waals surface area contributed by atoms with E-state index in [0.29, 0.717) is 5.75 Å². The predicted molar refractivity (Wildman–Crippen MR) is 71.5 cm³/mol. The maximum Gasteiger partial charge on any atom is 0.306 e. The molecular weight excluding hydrogens is 281 g/mol. The number of hydrogen-bond donors (Lipinski definition) is 1. The third kappa shape index (κ3) is 3.99. The second-order valence-electron chi connectivity index (χ2n) is 4.55. The van der Waals surface area contributed by atoms with Crippen molar-refractivity contribution in [3.63, 3.8) is 0 Å². The predicted octanol–water partition coefficient (Wildman–Crippen LogP) is 1.68. The van der Waals surface area contributed by atoms with Crippen LogP contribution in [0.25, 0.3) is 0 Å². The van der Waals surface area contributed by atoms with Gasteiger partial charge in [-0.25, -0.2) is 4.39 Å². The topological polar surface area (TPSA) is 90.4 Å². The maximum atomic E-state index is 13.1. The van der Waals surface area contributed by atoms with E-state index in [0.717, 1.165) is 11.8 Å². The fraction of sp³-hybridized carbons (Fsp3) is 0.308. The molecule has 1 unspecified atom stereocenters. The van der Waals surface area contributed by atoms with Crippen molar-refractivity contribution in [3.05, 3.63) is 52.1 Å². The van der Waals surface area contributed by atoms with Crippen LogP contribution in [-0.4, -0.2) is 32.5 Å². The summed E-state index contributed by atoms with van der Waals surface area (Å²) in [4.78, 5) is 9.94. The summed E-state index contributed by atoms with van der Waals surface area (Å²) in [6.45, 7) is 1.73. The zero-order valence-corrected chi connectivity index (χ0v) is 11.3. The van der Waals surface area contributed by atoms with Crippen LogP contribution in [0.2, 0.25) is 0 Å². The van der Waals surface area contributed by atoms with E-state index < -0.39 is 16.8 Å². The number of aliphatic hydroxyl groups is 1. The van der Waals surface area contributed by atoms with Crippen molar-refractivity contribution in [1.82, 2.24) is 9.78 Å². The monoisotopic (exact) mass is 295 g/mol. The van der Waals surface area contributed by atoms with Crippen LogP contribution >= 0.6 is 0 Å². The normalized spacial score (nSPS) is 12.1. The molecule has 0 bridgehead atoms. The molecule has 7 nitrogen and oxygen atoms in total. The third-order valence-electron chi connectivity index (χ3n) is 2.81. The van der Waals surface area contributed by atoms with E-state index in [-0.39, 0.29) is 18.8 Å². The molecule has 0 aliphatic heterocycles. The average molecular weight is 295 g/mol. The molecule has 0 aliphatic carbocycles. The van der Waals surface area contributed by atoms with Gasteiger partial charge >= 0.3 is 5.69 Å². The van der Waals surface area contributed by atoms with Crippen molar-refractivity contribution in [2.45, 2.75) is 19.6 Å². The number of benzene rings is 1. The Kier molecular flexibility index (Phi) is 4.49. The van der Waals surface area contributed by atoms with Gasteiger partial charge in [-0.1, -0.05) is 6.07 Å². The Hall–Kier alpha value is -2.48. The van der Waals surface area contributed by atoms with Gasteiger partial charge in [0, 0.05) is 6.07 Å². The van der Waals surface area contributed by atoms with Crippen LogP contribution in [0.1, 0.15) is 5.56 Å². The largest absolute Gasteiger partial charge is 0.490 e. The van der Waals surface area contributed by atoms with Crippen LogP contribution in [0, 0.1) is 22.9 Å². The standard InChI is InChI=1S/C13H14FN3O4/c1-9-2-3-10(14)4-13(9)21-8-12(18)7-16-6-11(5-15-16)17(19)20/h2-6,12,18H,7-8H2,1H3. The Bertz CT molecular complexity index is 644. The zero-order valence-electron chi connectivity index (χ0n) is 11.3. The Morgan fingerprint density at radius 3 is 3.00 bits per heavy atom. The van der Waals surface area contributed by atoms with Gasteiger partial charge in [-0.05, 0) is 18.6 Å². The van der Waals surface area contributed by atoms with E-state index in [9.17, 15) is 19.6 Å². The van der Waals surface area contributed by atoms with Gasteiger partial charge in [0.15, 0.2) is 0 Å². The van der Waals surface area contributed by atoms with Gasteiger partial charge in [0.1, 0.15) is 36.7 Å². The molecule has 1 atom stereocenters. The van der Waals surface area contributed by atoms with Gasteiger partial charge in [0.2, 0.25) is 0 Å². The fourth-order valence-electron chi connectivity index (χ4n) is 1.73. The highest BCUT2D eigenvalue weighted by molar-refractivity contribution is 5.32. The number of ether oxygens (including phenoxy) is 1. The van der Waals surface area contributed by atoms with Crippen LogP contribution in [-0.2, 0) is 6.54 Å². The SMILES string of the molecule is Cc1ccc(F)cc1OCC(O)Cn1cc([N+](=O)[O-])cn1. The minimum Gasteiger partial charge on any atom is -0.490 e. The number of nitrogens with zero attached hydrogens (tertiary/aromatic N) is 3. The molecule has 1 heterocycles. The number of rotatable bonds is 6. The molecule has 2 rings (SSSR count). The molecule has 1 aromatic heterocycles. The summed E-state index contributed by atoms with van der Waals surface area (Å²) in [6.07, 6.45) is 1.40. The number of aromatic nitrogens is 2. The van der Waals surface area contributed by atoms with Crippen molar-refractivity contribution in [3.8, 4) is 5.75 Å². The second-order valence-corrected chi connectivity index (χ2v) is 4.55. The van der Waals surface area contributed by atoms with Crippen molar-refractivity contribution >= 4 is 5.69 Å². The Morgan fingerprint density at radius 2 is 2.33 bits per heavy atom. The van der Waals surface area contributed by atoms with Crippen molar-refractivity contribution in [2.24, 2.45) is 0 Å². The number of aryl methyl sites for hydroxylation is 1. The quantitative estimate of drug-likeness (QED) is 0.646. The lowest BCUT2D eigenvalue weighted by Gasteiger charge is -2.13. The fourth-order valence-corrected chi connectivity index (χ4v) is 1.73. The van der Waals surface area contributed by atoms with Crippen molar-refractivity contribution in [2.75, 3.05) is 6.61 Å². The average Bonchev–Trinajstić information content (AvgIpc) is 2.88. The summed E-state index contributed by atoms with van der Waals surface area (Å²) in [5, 5.41) is 24.1. The summed E-state index contributed by atoms with van der Waals surface area (Å²) >= 11 is 0. The molecule has 1 N–H and O–H groups in total. The highest BCUT2D eigenvalue weighted by atomic mass is 19.1. The molecule has 0 aliphatic rings. The van der Waals surface area contributed by atoms with E-state index in [2.05, 4.69) is 5.10 Å². The summed E-state index contributed by atoms with van der Waals surface area (Å²) in [5.74, 6) is -0.0757. The van der Waals surface area contributed by atoms with E-state index in [4.69, 9.17) is 4.74 Å². The van der Waals surface area contributed by atoms with Crippen LogP contribution in [0.4, 0.5) is 10.1 Å². The van der Waals surface area contributed by atoms with Crippen molar-refractivity contribution < 1.29 is 19.2 Å². The van der Waals surface area contributed by atoms with E-state index in [1.807, 2.05) is 0 Å². The molecule has 2 aromatic rings. The van der Waals surface area contributed by atoms with Crippen LogP contribution in [0.3, 0.4) is 0 Å². The first-order valence-corrected chi connectivity index (χ1v) is 6.19. The molecule has 1 aromatic carbocycles. The lowest BCUT2D eigenvalue weighted by Crippen LogP contribution is -2.24. The summed E-state index contributed by atoms with van der Waals surface area (Å²) in [5.41, 5.74) is 0.599. The van der Waals surface area contributed by atoms with Gasteiger partial charge in [-0.3, -0.25) is 14.8 Å². The molecule has 0 saturated heterocycles. The second kappa shape index (κ2) is 6.31. The molecule has 8 heteroatoms. The third-order valence-corrected chi connectivity index (χ3v) is 2.81. The van der Waals surface area contributed by atoms with Crippen molar-refractivity contribution in [1.29, 1.82) is 0 Å². The first-order chi connectivity index (χ1) is 9.95. The molecule has 0 amide bonds. The van der Waals surface area contributed by atoms with Gasteiger partial charge in [-0.15, -0.1) is 0 Å². The van der Waals surface area contributed by atoms with Gasteiger partial charge < -0.3 is 9.84 Å². The van der Waals surface area contributed by atoms with Crippen LogP contribution in [0.5, 0.6) is 5.75 Å². The lowest BCUT2D eigenvalue weighted by molar-refractivity contribution is -0.385. The summed E-state index contributed by atoms with van der Waals surface area (Å²) in [6, 6.07) is 4.14.